The van der Waals surface area contributed by atoms with Gasteiger partial charge in [-0.1, -0.05) is 0 Å². The van der Waals surface area contributed by atoms with Crippen LogP contribution in [0.4, 0.5) is 0 Å². The van der Waals surface area contributed by atoms with Gasteiger partial charge in [0.15, 0.2) is 0 Å². The van der Waals surface area contributed by atoms with Crippen LogP contribution in [0.2, 0.25) is 0 Å². The summed E-state index contributed by atoms with van der Waals surface area (Å²) in [6.07, 6.45) is 3.67. The Bertz CT molecular complexity index is 532. The standard InChI is InChI=1S/C11H13N3OS2/c1-13(5-8-4-12-14(2)6-8)11(15)10-3-9(16)7-17-10/h3-4,6-7,16H,5H2,1-2H3. The molecule has 0 N–H and O–H groups in total. The predicted octanol–water partition coefficient (Wildman–Crippen LogP) is 2.04. The van der Waals surface area contributed by atoms with Crippen molar-refractivity contribution in [3.63, 3.8) is 0 Å². The van der Waals surface area contributed by atoms with Crippen molar-refractivity contribution >= 4 is 29.9 Å². The van der Waals surface area contributed by atoms with Gasteiger partial charge in [-0.05, 0) is 6.07 Å². The molecule has 2 aromatic rings. The van der Waals surface area contributed by atoms with E-state index in [1.165, 1.54) is 11.3 Å². The van der Waals surface area contributed by atoms with Crippen molar-refractivity contribution in [1.82, 2.24) is 14.7 Å². The molecule has 0 aromatic carbocycles. The normalized spacial score (nSPS) is 10.5. The Kier molecular flexibility index (Phi) is 3.54. The number of aromatic nitrogens is 2. The fourth-order valence-electron chi connectivity index (χ4n) is 1.53. The predicted molar refractivity (Wildman–Crippen MR) is 70.6 cm³/mol. The number of carbonyl (C=O) groups excluding carboxylic acids is 1. The Morgan fingerprint density at radius 2 is 2.41 bits per heavy atom. The van der Waals surface area contributed by atoms with Crippen molar-refractivity contribution in [2.75, 3.05) is 7.05 Å². The summed E-state index contributed by atoms with van der Waals surface area (Å²) in [7, 11) is 3.64. The zero-order valence-electron chi connectivity index (χ0n) is 9.62. The molecule has 4 nitrogen and oxygen atoms in total. The van der Waals surface area contributed by atoms with Gasteiger partial charge >= 0.3 is 0 Å². The summed E-state index contributed by atoms with van der Waals surface area (Å²) in [6, 6.07) is 1.79. The van der Waals surface area contributed by atoms with Crippen molar-refractivity contribution < 1.29 is 4.79 Å². The molecule has 0 fully saturated rings. The van der Waals surface area contributed by atoms with E-state index in [9.17, 15) is 4.79 Å². The number of thiophene rings is 1. The minimum atomic E-state index is 0.0131. The summed E-state index contributed by atoms with van der Waals surface area (Å²) < 4.78 is 1.73. The second kappa shape index (κ2) is 4.93. The number of hydrogen-bond donors (Lipinski definition) is 1. The molecule has 2 aromatic heterocycles. The van der Waals surface area contributed by atoms with Crippen LogP contribution < -0.4 is 0 Å². The third-order valence-corrected chi connectivity index (χ3v) is 3.67. The van der Waals surface area contributed by atoms with Crippen LogP contribution in [0.25, 0.3) is 0 Å². The van der Waals surface area contributed by atoms with Gasteiger partial charge in [0.05, 0.1) is 11.1 Å². The molecule has 0 saturated heterocycles. The van der Waals surface area contributed by atoms with E-state index in [4.69, 9.17) is 0 Å². The molecule has 0 atom stereocenters. The van der Waals surface area contributed by atoms with Crippen LogP contribution in [-0.2, 0) is 13.6 Å². The lowest BCUT2D eigenvalue weighted by molar-refractivity contribution is 0.0789. The first-order valence-electron chi connectivity index (χ1n) is 5.07. The zero-order valence-corrected chi connectivity index (χ0v) is 11.3. The molecule has 0 aliphatic carbocycles. The van der Waals surface area contributed by atoms with E-state index in [1.807, 2.05) is 18.6 Å². The average molecular weight is 267 g/mol. The third-order valence-electron chi connectivity index (χ3n) is 2.32. The molecule has 6 heteroatoms. The molecule has 0 unspecified atom stereocenters. The lowest BCUT2D eigenvalue weighted by Crippen LogP contribution is -2.25. The molecular weight excluding hydrogens is 254 g/mol. The SMILES string of the molecule is CN(Cc1cnn(C)c1)C(=O)c1cc(S)cs1. The van der Waals surface area contributed by atoms with Crippen molar-refractivity contribution in [2.45, 2.75) is 11.4 Å². The maximum atomic E-state index is 12.0. The highest BCUT2D eigenvalue weighted by Gasteiger charge is 2.14. The van der Waals surface area contributed by atoms with Crippen LogP contribution in [0.15, 0.2) is 28.7 Å². The smallest absolute Gasteiger partial charge is 0.264 e. The number of carbonyl (C=O) groups is 1. The van der Waals surface area contributed by atoms with E-state index in [-0.39, 0.29) is 5.91 Å². The molecule has 0 aliphatic heterocycles. The number of rotatable bonds is 3. The summed E-state index contributed by atoms with van der Waals surface area (Å²) in [6.45, 7) is 0.562. The van der Waals surface area contributed by atoms with Crippen LogP contribution in [0, 0.1) is 0 Å². The monoisotopic (exact) mass is 267 g/mol. The molecule has 1 amide bonds. The molecule has 2 heterocycles. The Labute approximate surface area is 109 Å². The number of nitrogens with zero attached hydrogens (tertiary/aromatic N) is 3. The Morgan fingerprint density at radius 1 is 1.65 bits per heavy atom. The van der Waals surface area contributed by atoms with E-state index in [0.717, 1.165) is 10.5 Å². The van der Waals surface area contributed by atoms with Gasteiger partial charge in [0.1, 0.15) is 0 Å². The van der Waals surface area contributed by atoms with Crippen molar-refractivity contribution in [2.24, 2.45) is 7.05 Å². The maximum absolute atomic E-state index is 12.0. The summed E-state index contributed by atoms with van der Waals surface area (Å²) in [5, 5.41) is 5.93. The van der Waals surface area contributed by atoms with Crippen LogP contribution in [0.1, 0.15) is 15.2 Å². The van der Waals surface area contributed by atoms with Gasteiger partial charge in [0.25, 0.3) is 5.91 Å². The van der Waals surface area contributed by atoms with Gasteiger partial charge in [-0.15, -0.1) is 24.0 Å². The van der Waals surface area contributed by atoms with Gasteiger partial charge in [-0.3, -0.25) is 9.48 Å². The first-order chi connectivity index (χ1) is 8.06. The summed E-state index contributed by atoms with van der Waals surface area (Å²) in [4.78, 5) is 15.3. The van der Waals surface area contributed by atoms with E-state index in [1.54, 1.807) is 28.9 Å². The van der Waals surface area contributed by atoms with Crippen molar-refractivity contribution in [3.05, 3.63) is 34.3 Å². The van der Waals surface area contributed by atoms with E-state index in [2.05, 4.69) is 17.7 Å². The molecule has 90 valence electrons. The first-order valence-corrected chi connectivity index (χ1v) is 6.39. The quantitative estimate of drug-likeness (QED) is 0.864. The van der Waals surface area contributed by atoms with Crippen molar-refractivity contribution in [3.8, 4) is 0 Å². The largest absolute Gasteiger partial charge is 0.337 e. The second-order valence-corrected chi connectivity index (χ2v) is 5.28. The molecule has 17 heavy (non-hydrogen) atoms. The first kappa shape index (κ1) is 12.2. The van der Waals surface area contributed by atoms with E-state index < -0.39 is 0 Å². The lowest BCUT2D eigenvalue weighted by Gasteiger charge is -2.14. The molecule has 0 bridgehead atoms. The molecule has 0 spiro atoms. The molecular formula is C11H13N3OS2. The number of hydrogen-bond acceptors (Lipinski definition) is 4. The minimum absolute atomic E-state index is 0.0131. The maximum Gasteiger partial charge on any atom is 0.264 e. The Hall–Kier alpha value is -1.27. The second-order valence-electron chi connectivity index (χ2n) is 3.85. The topological polar surface area (TPSA) is 38.1 Å². The van der Waals surface area contributed by atoms with Gasteiger partial charge in [0.2, 0.25) is 0 Å². The van der Waals surface area contributed by atoms with E-state index in [0.29, 0.717) is 11.4 Å². The fourth-order valence-corrected chi connectivity index (χ4v) is 2.67. The molecule has 0 radical (unpaired) electrons. The van der Waals surface area contributed by atoms with Crippen LogP contribution in [0.5, 0.6) is 0 Å². The summed E-state index contributed by atoms with van der Waals surface area (Å²) in [5.41, 5.74) is 1.02. The van der Waals surface area contributed by atoms with Crippen LogP contribution in [-0.4, -0.2) is 27.6 Å². The van der Waals surface area contributed by atoms with Gasteiger partial charge < -0.3 is 4.90 Å². The van der Waals surface area contributed by atoms with Gasteiger partial charge in [0, 0.05) is 42.7 Å². The molecule has 0 saturated carbocycles. The van der Waals surface area contributed by atoms with Crippen LogP contribution in [0.3, 0.4) is 0 Å². The van der Waals surface area contributed by atoms with Crippen molar-refractivity contribution in [1.29, 1.82) is 0 Å². The lowest BCUT2D eigenvalue weighted by atomic mass is 10.3. The molecule has 0 aliphatic rings. The summed E-state index contributed by atoms with van der Waals surface area (Å²) in [5.74, 6) is 0.0131. The summed E-state index contributed by atoms with van der Waals surface area (Å²) >= 11 is 5.61. The third kappa shape index (κ3) is 2.89. The number of aryl methyl sites for hydroxylation is 1. The van der Waals surface area contributed by atoms with Crippen LogP contribution >= 0.6 is 24.0 Å². The van der Waals surface area contributed by atoms with Gasteiger partial charge in [-0.2, -0.15) is 5.10 Å². The molecule has 2 rings (SSSR count). The highest BCUT2D eigenvalue weighted by atomic mass is 32.1. The van der Waals surface area contributed by atoms with Gasteiger partial charge in [-0.25, -0.2) is 0 Å². The number of thiol groups is 1. The Morgan fingerprint density at radius 3 is 2.94 bits per heavy atom. The average Bonchev–Trinajstić information content (AvgIpc) is 2.87. The number of amides is 1. The minimum Gasteiger partial charge on any atom is -0.337 e. The Balaban J connectivity index is 2.05. The highest BCUT2D eigenvalue weighted by Crippen LogP contribution is 2.19. The fraction of sp³-hybridized carbons (Fsp3) is 0.273. The zero-order chi connectivity index (χ0) is 12.4. The van der Waals surface area contributed by atoms with E-state index >= 15 is 0 Å². The highest BCUT2D eigenvalue weighted by molar-refractivity contribution is 7.80.